The number of rotatable bonds is 5. The molecule has 2 nitrogen and oxygen atoms in total. The maximum atomic E-state index is 6.00. The lowest BCUT2D eigenvalue weighted by molar-refractivity contribution is 0.561. The monoisotopic (exact) mass is 246 g/mol. The molecule has 0 fully saturated rings. The van der Waals surface area contributed by atoms with Crippen LogP contribution in [0.15, 0.2) is 18.2 Å². The predicted molar refractivity (Wildman–Crippen MR) is 67.8 cm³/mol. The first-order valence-corrected chi connectivity index (χ1v) is 5.78. The fourth-order valence-electron chi connectivity index (χ4n) is 1.20. The van der Waals surface area contributed by atoms with E-state index in [4.69, 9.17) is 28.9 Å². The summed E-state index contributed by atoms with van der Waals surface area (Å²) < 4.78 is 0. The number of nitrogens with one attached hydrogen (secondary N) is 1. The number of benzene rings is 1. The molecule has 0 aromatic heterocycles. The highest BCUT2D eigenvalue weighted by Crippen LogP contribution is 2.25. The van der Waals surface area contributed by atoms with Crippen molar-refractivity contribution >= 4 is 28.9 Å². The molecule has 0 aliphatic heterocycles. The van der Waals surface area contributed by atoms with Gasteiger partial charge in [0.15, 0.2) is 0 Å². The molecule has 1 aromatic rings. The Morgan fingerprint density at radius 3 is 2.80 bits per heavy atom. The Kier molecular flexibility index (Phi) is 5.23. The second kappa shape index (κ2) is 6.21. The third-order valence-electron chi connectivity index (χ3n) is 2.28. The van der Waals surface area contributed by atoms with Crippen LogP contribution in [0.25, 0.3) is 0 Å². The van der Waals surface area contributed by atoms with Crippen LogP contribution in [-0.2, 0) is 0 Å². The van der Waals surface area contributed by atoms with E-state index in [1.165, 1.54) is 0 Å². The van der Waals surface area contributed by atoms with Crippen molar-refractivity contribution < 1.29 is 0 Å². The molecule has 4 heteroatoms. The van der Waals surface area contributed by atoms with Gasteiger partial charge in [0.05, 0.1) is 10.7 Å². The maximum Gasteiger partial charge on any atom is 0.0638 e. The number of hydrogen-bond donors (Lipinski definition) is 2. The summed E-state index contributed by atoms with van der Waals surface area (Å²) in [5.41, 5.74) is 6.41. The van der Waals surface area contributed by atoms with E-state index in [2.05, 4.69) is 12.2 Å². The zero-order valence-corrected chi connectivity index (χ0v) is 10.3. The van der Waals surface area contributed by atoms with E-state index in [1.807, 2.05) is 6.07 Å². The van der Waals surface area contributed by atoms with Crippen LogP contribution in [-0.4, -0.2) is 13.1 Å². The highest BCUT2D eigenvalue weighted by molar-refractivity contribution is 6.35. The first kappa shape index (κ1) is 12.6. The Bertz CT molecular complexity index is 315. The van der Waals surface area contributed by atoms with Gasteiger partial charge in [-0.15, -0.1) is 0 Å². The summed E-state index contributed by atoms with van der Waals surface area (Å²) in [6, 6.07) is 5.40. The molecule has 0 amide bonds. The quantitative estimate of drug-likeness (QED) is 0.836. The van der Waals surface area contributed by atoms with Crippen LogP contribution < -0.4 is 11.1 Å². The Morgan fingerprint density at radius 1 is 1.40 bits per heavy atom. The Hall–Kier alpha value is -0.440. The zero-order valence-electron chi connectivity index (χ0n) is 8.76. The summed E-state index contributed by atoms with van der Waals surface area (Å²) in [4.78, 5) is 0. The molecule has 0 saturated carbocycles. The van der Waals surface area contributed by atoms with Crippen molar-refractivity contribution in [2.24, 2.45) is 11.7 Å². The second-order valence-corrected chi connectivity index (χ2v) is 4.52. The SMILES string of the molecule is CC(CN)CCNc1cc(Cl)ccc1Cl. The van der Waals surface area contributed by atoms with Gasteiger partial charge in [0.25, 0.3) is 0 Å². The van der Waals surface area contributed by atoms with Gasteiger partial charge >= 0.3 is 0 Å². The molecule has 0 aliphatic rings. The van der Waals surface area contributed by atoms with Crippen LogP contribution in [0.4, 0.5) is 5.69 Å². The fraction of sp³-hybridized carbons (Fsp3) is 0.455. The molecule has 0 spiro atoms. The van der Waals surface area contributed by atoms with Gasteiger partial charge in [0.1, 0.15) is 0 Å². The van der Waals surface area contributed by atoms with E-state index in [0.717, 1.165) is 18.7 Å². The highest BCUT2D eigenvalue weighted by atomic mass is 35.5. The summed E-state index contributed by atoms with van der Waals surface area (Å²) in [6.07, 6.45) is 1.03. The summed E-state index contributed by atoms with van der Waals surface area (Å²) in [5, 5.41) is 4.63. The van der Waals surface area contributed by atoms with E-state index in [-0.39, 0.29) is 0 Å². The van der Waals surface area contributed by atoms with E-state index in [1.54, 1.807) is 12.1 Å². The van der Waals surface area contributed by atoms with Gasteiger partial charge in [-0.05, 0) is 37.1 Å². The number of nitrogens with two attached hydrogens (primary N) is 1. The molecule has 1 aromatic carbocycles. The summed E-state index contributed by atoms with van der Waals surface area (Å²) in [7, 11) is 0. The van der Waals surface area contributed by atoms with Crippen molar-refractivity contribution in [3.8, 4) is 0 Å². The maximum absolute atomic E-state index is 6.00. The Morgan fingerprint density at radius 2 is 2.13 bits per heavy atom. The van der Waals surface area contributed by atoms with Crippen LogP contribution in [0.1, 0.15) is 13.3 Å². The van der Waals surface area contributed by atoms with Crippen molar-refractivity contribution in [2.75, 3.05) is 18.4 Å². The highest BCUT2D eigenvalue weighted by Gasteiger charge is 2.02. The fourth-order valence-corrected chi connectivity index (χ4v) is 1.56. The third-order valence-corrected chi connectivity index (χ3v) is 2.85. The lowest BCUT2D eigenvalue weighted by Crippen LogP contribution is -2.15. The Balaban J connectivity index is 2.46. The molecule has 0 radical (unpaired) electrons. The minimum absolute atomic E-state index is 0.524. The molecule has 84 valence electrons. The largest absolute Gasteiger partial charge is 0.384 e. The smallest absolute Gasteiger partial charge is 0.0638 e. The van der Waals surface area contributed by atoms with Crippen LogP contribution in [0.3, 0.4) is 0 Å². The number of hydrogen-bond acceptors (Lipinski definition) is 2. The third kappa shape index (κ3) is 4.29. The lowest BCUT2D eigenvalue weighted by Gasteiger charge is -2.11. The molecule has 0 heterocycles. The first-order chi connectivity index (χ1) is 7.13. The van der Waals surface area contributed by atoms with Gasteiger partial charge in [-0.3, -0.25) is 0 Å². The molecular formula is C11H16Cl2N2. The van der Waals surface area contributed by atoms with E-state index in [0.29, 0.717) is 22.5 Å². The average Bonchev–Trinajstić information content (AvgIpc) is 2.23. The molecule has 0 saturated heterocycles. The van der Waals surface area contributed by atoms with Gasteiger partial charge < -0.3 is 11.1 Å². The summed E-state index contributed by atoms with van der Waals surface area (Å²) in [5.74, 6) is 0.524. The summed E-state index contributed by atoms with van der Waals surface area (Å²) >= 11 is 11.9. The average molecular weight is 247 g/mol. The molecule has 1 atom stereocenters. The lowest BCUT2D eigenvalue weighted by atomic mass is 10.1. The van der Waals surface area contributed by atoms with Crippen molar-refractivity contribution in [3.05, 3.63) is 28.2 Å². The molecular weight excluding hydrogens is 231 g/mol. The number of anilines is 1. The molecule has 3 N–H and O–H groups in total. The zero-order chi connectivity index (χ0) is 11.3. The van der Waals surface area contributed by atoms with Gasteiger partial charge in [0, 0.05) is 11.6 Å². The van der Waals surface area contributed by atoms with Crippen molar-refractivity contribution in [1.29, 1.82) is 0 Å². The van der Waals surface area contributed by atoms with Crippen LogP contribution in [0.5, 0.6) is 0 Å². The topological polar surface area (TPSA) is 38.0 Å². The second-order valence-electron chi connectivity index (χ2n) is 3.68. The molecule has 15 heavy (non-hydrogen) atoms. The molecule has 1 unspecified atom stereocenters. The van der Waals surface area contributed by atoms with Gasteiger partial charge in [0.2, 0.25) is 0 Å². The van der Waals surface area contributed by atoms with Crippen LogP contribution in [0, 0.1) is 5.92 Å². The van der Waals surface area contributed by atoms with Crippen LogP contribution >= 0.6 is 23.2 Å². The minimum Gasteiger partial charge on any atom is -0.384 e. The van der Waals surface area contributed by atoms with Crippen LogP contribution in [0.2, 0.25) is 10.0 Å². The number of halogens is 2. The van der Waals surface area contributed by atoms with Crippen molar-refractivity contribution in [3.63, 3.8) is 0 Å². The van der Waals surface area contributed by atoms with E-state index >= 15 is 0 Å². The van der Waals surface area contributed by atoms with E-state index in [9.17, 15) is 0 Å². The summed E-state index contributed by atoms with van der Waals surface area (Å²) in [6.45, 7) is 3.70. The molecule has 1 rings (SSSR count). The van der Waals surface area contributed by atoms with Gasteiger partial charge in [-0.2, -0.15) is 0 Å². The van der Waals surface area contributed by atoms with Gasteiger partial charge in [-0.25, -0.2) is 0 Å². The van der Waals surface area contributed by atoms with Crippen molar-refractivity contribution in [1.82, 2.24) is 0 Å². The molecule has 0 bridgehead atoms. The van der Waals surface area contributed by atoms with Gasteiger partial charge in [-0.1, -0.05) is 30.1 Å². The minimum atomic E-state index is 0.524. The Labute approximate surface area is 101 Å². The molecule has 0 aliphatic carbocycles. The standard InChI is InChI=1S/C11H16Cl2N2/c1-8(7-14)4-5-15-11-6-9(12)2-3-10(11)13/h2-3,6,8,15H,4-5,7,14H2,1H3. The van der Waals surface area contributed by atoms with E-state index < -0.39 is 0 Å². The van der Waals surface area contributed by atoms with Crippen molar-refractivity contribution in [2.45, 2.75) is 13.3 Å². The predicted octanol–water partition coefficient (Wildman–Crippen LogP) is 3.39. The normalized spacial score (nSPS) is 12.5. The first-order valence-electron chi connectivity index (χ1n) is 5.02.